The fourth-order valence-electron chi connectivity index (χ4n) is 2.67. The van der Waals surface area contributed by atoms with Gasteiger partial charge in [-0.1, -0.05) is 11.6 Å². The van der Waals surface area contributed by atoms with Crippen LogP contribution in [0.3, 0.4) is 0 Å². The van der Waals surface area contributed by atoms with Crippen LogP contribution in [-0.4, -0.2) is 52.9 Å². The maximum absolute atomic E-state index is 12.5. The SMILES string of the molecule is Cc1ccc(O)c(C(=O)N2CCN(C(=O)c3ccoc3)CC2)c1. The number of rotatable bonds is 2. The molecule has 6 heteroatoms. The summed E-state index contributed by atoms with van der Waals surface area (Å²) in [6.45, 7) is 3.67. The number of phenolic OH excluding ortho intramolecular Hbond substituents is 1. The van der Waals surface area contributed by atoms with E-state index in [9.17, 15) is 14.7 Å². The monoisotopic (exact) mass is 314 g/mol. The highest BCUT2D eigenvalue weighted by atomic mass is 16.3. The summed E-state index contributed by atoms with van der Waals surface area (Å²) in [6, 6.07) is 6.60. The smallest absolute Gasteiger partial charge is 0.257 e. The standard InChI is InChI=1S/C17H18N2O4/c1-12-2-3-15(20)14(10-12)17(22)19-7-5-18(6-8-19)16(21)13-4-9-23-11-13/h2-4,9-11,20H,5-8H2,1H3. The summed E-state index contributed by atoms with van der Waals surface area (Å²) in [5.41, 5.74) is 1.74. The lowest BCUT2D eigenvalue weighted by Gasteiger charge is -2.34. The Morgan fingerprint density at radius 2 is 1.70 bits per heavy atom. The zero-order valence-electron chi connectivity index (χ0n) is 12.9. The summed E-state index contributed by atoms with van der Waals surface area (Å²) in [7, 11) is 0. The van der Waals surface area contributed by atoms with Crippen molar-refractivity contribution >= 4 is 11.8 Å². The summed E-state index contributed by atoms with van der Waals surface area (Å²) in [5.74, 6) is -0.316. The van der Waals surface area contributed by atoms with Gasteiger partial charge in [0, 0.05) is 26.2 Å². The molecule has 1 fully saturated rings. The topological polar surface area (TPSA) is 74.0 Å². The molecule has 3 rings (SSSR count). The predicted octanol–water partition coefficient (Wildman–Crippen LogP) is 1.89. The number of aromatic hydroxyl groups is 1. The number of furan rings is 1. The van der Waals surface area contributed by atoms with Gasteiger partial charge in [0.2, 0.25) is 0 Å². The highest BCUT2D eigenvalue weighted by Gasteiger charge is 2.27. The lowest BCUT2D eigenvalue weighted by molar-refractivity contribution is 0.0533. The third kappa shape index (κ3) is 3.06. The van der Waals surface area contributed by atoms with E-state index >= 15 is 0 Å². The van der Waals surface area contributed by atoms with Crippen LogP contribution in [0.4, 0.5) is 0 Å². The van der Waals surface area contributed by atoms with Gasteiger partial charge in [0.05, 0.1) is 17.4 Å². The number of phenols is 1. The summed E-state index contributed by atoms with van der Waals surface area (Å²) < 4.78 is 4.93. The van der Waals surface area contributed by atoms with E-state index < -0.39 is 0 Å². The second kappa shape index (κ2) is 6.16. The predicted molar refractivity (Wildman–Crippen MR) is 83.4 cm³/mol. The number of hydrogen-bond acceptors (Lipinski definition) is 4. The Morgan fingerprint density at radius 3 is 2.30 bits per heavy atom. The molecule has 2 aromatic rings. The second-order valence-corrected chi connectivity index (χ2v) is 5.62. The van der Waals surface area contributed by atoms with Gasteiger partial charge in [-0.05, 0) is 25.1 Å². The Kier molecular flexibility index (Phi) is 4.06. The van der Waals surface area contributed by atoms with Gasteiger partial charge in [0.15, 0.2) is 0 Å². The van der Waals surface area contributed by atoms with Gasteiger partial charge in [-0.3, -0.25) is 9.59 Å². The molecule has 6 nitrogen and oxygen atoms in total. The van der Waals surface area contributed by atoms with E-state index in [-0.39, 0.29) is 17.6 Å². The number of amides is 2. The molecule has 0 unspecified atom stereocenters. The molecule has 0 atom stereocenters. The first-order valence-electron chi connectivity index (χ1n) is 7.46. The van der Waals surface area contributed by atoms with E-state index in [1.807, 2.05) is 6.92 Å². The first kappa shape index (κ1) is 15.1. The van der Waals surface area contributed by atoms with Crippen molar-refractivity contribution in [1.29, 1.82) is 0 Å². The quantitative estimate of drug-likeness (QED) is 0.918. The van der Waals surface area contributed by atoms with Crippen LogP contribution in [0.2, 0.25) is 0 Å². The van der Waals surface area contributed by atoms with Crippen LogP contribution in [-0.2, 0) is 0 Å². The van der Waals surface area contributed by atoms with Crippen molar-refractivity contribution in [2.45, 2.75) is 6.92 Å². The first-order valence-corrected chi connectivity index (χ1v) is 7.46. The van der Waals surface area contributed by atoms with Crippen LogP contribution in [0.1, 0.15) is 26.3 Å². The molecule has 23 heavy (non-hydrogen) atoms. The van der Waals surface area contributed by atoms with Crippen molar-refractivity contribution < 1.29 is 19.1 Å². The molecule has 0 spiro atoms. The van der Waals surface area contributed by atoms with Crippen LogP contribution in [0.5, 0.6) is 5.75 Å². The molecule has 1 aliphatic heterocycles. The highest BCUT2D eigenvalue weighted by Crippen LogP contribution is 2.21. The minimum absolute atomic E-state index is 0.0162. The lowest BCUT2D eigenvalue weighted by atomic mass is 10.1. The van der Waals surface area contributed by atoms with E-state index in [0.717, 1.165) is 5.56 Å². The van der Waals surface area contributed by atoms with Gasteiger partial charge in [-0.25, -0.2) is 0 Å². The van der Waals surface area contributed by atoms with Gasteiger partial charge in [0.1, 0.15) is 12.0 Å². The Labute approximate surface area is 133 Å². The largest absolute Gasteiger partial charge is 0.507 e. The maximum atomic E-state index is 12.5. The molecular formula is C17H18N2O4. The van der Waals surface area contributed by atoms with Gasteiger partial charge in [0.25, 0.3) is 11.8 Å². The van der Waals surface area contributed by atoms with Crippen LogP contribution in [0, 0.1) is 6.92 Å². The van der Waals surface area contributed by atoms with E-state index in [4.69, 9.17) is 4.42 Å². The van der Waals surface area contributed by atoms with Gasteiger partial charge in [-0.2, -0.15) is 0 Å². The summed E-state index contributed by atoms with van der Waals surface area (Å²) >= 11 is 0. The number of hydrogen-bond donors (Lipinski definition) is 1. The fourth-order valence-corrected chi connectivity index (χ4v) is 2.67. The van der Waals surface area contributed by atoms with Crippen molar-refractivity contribution in [3.8, 4) is 5.75 Å². The molecule has 1 saturated heterocycles. The van der Waals surface area contributed by atoms with Crippen molar-refractivity contribution in [3.63, 3.8) is 0 Å². The van der Waals surface area contributed by atoms with Crippen LogP contribution in [0.25, 0.3) is 0 Å². The lowest BCUT2D eigenvalue weighted by Crippen LogP contribution is -2.50. The number of aryl methyl sites for hydroxylation is 1. The van der Waals surface area contributed by atoms with E-state index in [1.54, 1.807) is 28.0 Å². The summed E-state index contributed by atoms with van der Waals surface area (Å²) in [6.07, 6.45) is 2.89. The molecule has 120 valence electrons. The number of benzene rings is 1. The van der Waals surface area contributed by atoms with Crippen molar-refractivity contribution in [3.05, 3.63) is 53.5 Å². The third-order valence-electron chi connectivity index (χ3n) is 4.00. The molecule has 0 aliphatic carbocycles. The highest BCUT2D eigenvalue weighted by molar-refractivity contribution is 5.97. The Bertz CT molecular complexity index is 716. The van der Waals surface area contributed by atoms with Gasteiger partial charge in [-0.15, -0.1) is 0 Å². The average molecular weight is 314 g/mol. The number of nitrogens with zero attached hydrogens (tertiary/aromatic N) is 2. The Balaban J connectivity index is 1.66. The molecule has 0 radical (unpaired) electrons. The number of carbonyl (C=O) groups is 2. The Hall–Kier alpha value is -2.76. The fraction of sp³-hybridized carbons (Fsp3) is 0.294. The third-order valence-corrected chi connectivity index (χ3v) is 4.00. The van der Waals surface area contributed by atoms with Crippen molar-refractivity contribution in [2.75, 3.05) is 26.2 Å². The molecule has 2 heterocycles. The second-order valence-electron chi connectivity index (χ2n) is 5.62. The molecule has 2 amide bonds. The van der Waals surface area contributed by atoms with E-state index in [2.05, 4.69) is 0 Å². The van der Waals surface area contributed by atoms with Crippen molar-refractivity contribution in [1.82, 2.24) is 9.80 Å². The minimum Gasteiger partial charge on any atom is -0.507 e. The molecule has 0 saturated carbocycles. The maximum Gasteiger partial charge on any atom is 0.257 e. The first-order chi connectivity index (χ1) is 11.1. The number of carbonyl (C=O) groups excluding carboxylic acids is 2. The van der Waals surface area contributed by atoms with Gasteiger partial charge < -0.3 is 19.3 Å². The van der Waals surface area contributed by atoms with E-state index in [0.29, 0.717) is 37.3 Å². The molecule has 1 aliphatic rings. The molecule has 0 bridgehead atoms. The zero-order chi connectivity index (χ0) is 16.4. The Morgan fingerprint density at radius 1 is 1.04 bits per heavy atom. The summed E-state index contributed by atoms with van der Waals surface area (Å²) in [4.78, 5) is 28.1. The average Bonchev–Trinajstić information content (AvgIpc) is 3.10. The molecule has 1 aromatic carbocycles. The minimum atomic E-state index is -0.207. The molecule has 1 aromatic heterocycles. The summed E-state index contributed by atoms with van der Waals surface area (Å²) in [5, 5.41) is 9.88. The molecule has 1 N–H and O–H groups in total. The van der Waals surface area contributed by atoms with Crippen LogP contribution in [0.15, 0.2) is 41.2 Å². The van der Waals surface area contributed by atoms with Crippen molar-refractivity contribution in [2.24, 2.45) is 0 Å². The van der Waals surface area contributed by atoms with E-state index in [1.165, 1.54) is 18.6 Å². The van der Waals surface area contributed by atoms with Crippen LogP contribution >= 0.6 is 0 Å². The van der Waals surface area contributed by atoms with Gasteiger partial charge >= 0.3 is 0 Å². The zero-order valence-corrected chi connectivity index (χ0v) is 12.9. The van der Waals surface area contributed by atoms with Crippen LogP contribution < -0.4 is 0 Å². The molecular weight excluding hydrogens is 296 g/mol. The normalized spacial score (nSPS) is 14.8. The number of piperazine rings is 1.